The Morgan fingerprint density at radius 2 is 1.54 bits per heavy atom. The monoisotopic (exact) mass is 399 g/mol. The second-order valence-electron chi connectivity index (χ2n) is 7.85. The lowest BCUT2D eigenvalue weighted by atomic mass is 9.83. The molecule has 28 heavy (non-hydrogen) atoms. The molecule has 5 nitrogen and oxygen atoms in total. The Morgan fingerprint density at radius 1 is 0.893 bits per heavy atom. The van der Waals surface area contributed by atoms with Crippen molar-refractivity contribution >= 4 is 10.0 Å². The zero-order valence-electron chi connectivity index (χ0n) is 16.2. The highest BCUT2D eigenvalue weighted by atomic mass is 32.2. The van der Waals surface area contributed by atoms with Gasteiger partial charge in [0.1, 0.15) is 6.10 Å². The number of ether oxygens (including phenoxy) is 2. The summed E-state index contributed by atoms with van der Waals surface area (Å²) in [6.45, 7) is 5.64. The van der Waals surface area contributed by atoms with Gasteiger partial charge in [0.25, 0.3) is 0 Å². The standard InChI is InChI=1S/C22H25NO4S/c1-15-9-11-17(12-10-15)28(24,25)23-19-14-13-18(16-7-5-4-6-8-16)20-21(19)27-22(2,3)26-20/h4-14,18-21,23H,1-3H3/t18-,19-,20-,21+/m1/s1. The van der Waals surface area contributed by atoms with Crippen molar-refractivity contribution < 1.29 is 17.9 Å². The summed E-state index contributed by atoms with van der Waals surface area (Å²) in [7, 11) is -3.67. The number of hydrogen-bond donors (Lipinski definition) is 1. The van der Waals surface area contributed by atoms with Crippen molar-refractivity contribution in [2.45, 2.75) is 55.6 Å². The van der Waals surface area contributed by atoms with Gasteiger partial charge in [-0.2, -0.15) is 0 Å². The molecule has 1 N–H and O–H groups in total. The molecule has 1 heterocycles. The predicted octanol–water partition coefficient (Wildman–Crippen LogP) is 3.52. The van der Waals surface area contributed by atoms with E-state index in [9.17, 15) is 8.42 Å². The SMILES string of the molecule is Cc1ccc(S(=O)(=O)N[C@@H]2C=C[C@H](c3ccccc3)[C@H]3OC(C)(C)O[C@H]32)cc1. The molecule has 0 unspecified atom stereocenters. The van der Waals surface area contributed by atoms with E-state index in [0.717, 1.165) is 11.1 Å². The van der Waals surface area contributed by atoms with Crippen LogP contribution in [0.2, 0.25) is 0 Å². The van der Waals surface area contributed by atoms with E-state index in [-0.39, 0.29) is 16.9 Å². The van der Waals surface area contributed by atoms with Crippen LogP contribution in [0, 0.1) is 6.92 Å². The average Bonchev–Trinajstić information content (AvgIpc) is 2.98. The van der Waals surface area contributed by atoms with Gasteiger partial charge in [-0.25, -0.2) is 13.1 Å². The Kier molecular flexibility index (Phi) is 4.91. The predicted molar refractivity (Wildman–Crippen MR) is 107 cm³/mol. The number of sulfonamides is 1. The van der Waals surface area contributed by atoms with Gasteiger partial charge in [-0.05, 0) is 38.5 Å². The fourth-order valence-corrected chi connectivity index (χ4v) is 5.08. The largest absolute Gasteiger partial charge is 0.344 e. The summed E-state index contributed by atoms with van der Waals surface area (Å²) >= 11 is 0. The molecule has 2 aromatic rings. The van der Waals surface area contributed by atoms with Gasteiger partial charge in [-0.3, -0.25) is 0 Å². The molecule has 1 saturated heterocycles. The molecular formula is C22H25NO4S. The smallest absolute Gasteiger partial charge is 0.241 e. The lowest BCUT2D eigenvalue weighted by molar-refractivity contribution is -0.147. The summed E-state index contributed by atoms with van der Waals surface area (Å²) < 4.78 is 40.8. The number of benzene rings is 2. The van der Waals surface area contributed by atoms with Crippen LogP contribution in [-0.2, 0) is 19.5 Å². The summed E-state index contributed by atoms with van der Waals surface area (Å²) in [6.07, 6.45) is 3.22. The highest BCUT2D eigenvalue weighted by molar-refractivity contribution is 7.89. The highest BCUT2D eigenvalue weighted by Gasteiger charge is 2.50. The summed E-state index contributed by atoms with van der Waals surface area (Å²) in [4.78, 5) is 0.242. The Hall–Kier alpha value is -1.99. The minimum atomic E-state index is -3.67. The van der Waals surface area contributed by atoms with Crippen molar-refractivity contribution in [3.63, 3.8) is 0 Å². The number of aryl methyl sites for hydroxylation is 1. The molecule has 4 atom stereocenters. The van der Waals surface area contributed by atoms with Crippen LogP contribution in [0.4, 0.5) is 0 Å². The number of nitrogens with one attached hydrogen (secondary N) is 1. The maximum absolute atomic E-state index is 12.9. The van der Waals surface area contributed by atoms with Crippen molar-refractivity contribution in [3.8, 4) is 0 Å². The van der Waals surface area contributed by atoms with Crippen molar-refractivity contribution in [3.05, 3.63) is 77.9 Å². The van der Waals surface area contributed by atoms with E-state index < -0.39 is 28.0 Å². The van der Waals surface area contributed by atoms with Crippen LogP contribution in [0.15, 0.2) is 71.6 Å². The van der Waals surface area contributed by atoms with Crippen molar-refractivity contribution in [2.24, 2.45) is 0 Å². The van der Waals surface area contributed by atoms with Gasteiger partial charge in [0, 0.05) is 5.92 Å². The lowest BCUT2D eigenvalue weighted by Crippen LogP contribution is -2.49. The fraction of sp³-hybridized carbons (Fsp3) is 0.364. The maximum Gasteiger partial charge on any atom is 0.241 e. The summed E-state index contributed by atoms with van der Waals surface area (Å²) in [5.41, 5.74) is 2.13. The van der Waals surface area contributed by atoms with Crippen LogP contribution in [0.25, 0.3) is 0 Å². The summed E-state index contributed by atoms with van der Waals surface area (Å²) in [5.74, 6) is -0.768. The fourth-order valence-electron chi connectivity index (χ4n) is 3.88. The van der Waals surface area contributed by atoms with E-state index >= 15 is 0 Å². The van der Waals surface area contributed by atoms with Crippen molar-refractivity contribution in [1.29, 1.82) is 0 Å². The molecule has 4 rings (SSSR count). The van der Waals surface area contributed by atoms with Gasteiger partial charge in [0.2, 0.25) is 10.0 Å². The van der Waals surface area contributed by atoms with Crippen LogP contribution in [0.1, 0.15) is 30.9 Å². The second-order valence-corrected chi connectivity index (χ2v) is 9.56. The minimum Gasteiger partial charge on any atom is -0.344 e. The number of hydrogen-bond acceptors (Lipinski definition) is 4. The van der Waals surface area contributed by atoms with Gasteiger partial charge in [0.15, 0.2) is 5.79 Å². The summed E-state index contributed by atoms with van der Waals surface area (Å²) in [6, 6.07) is 16.4. The van der Waals surface area contributed by atoms with Gasteiger partial charge >= 0.3 is 0 Å². The topological polar surface area (TPSA) is 64.6 Å². The average molecular weight is 400 g/mol. The maximum atomic E-state index is 12.9. The van der Waals surface area contributed by atoms with E-state index in [1.54, 1.807) is 24.3 Å². The number of rotatable bonds is 4. The first kappa shape index (κ1) is 19.3. The van der Waals surface area contributed by atoms with Crippen LogP contribution in [0.3, 0.4) is 0 Å². The Bertz CT molecular complexity index is 967. The number of fused-ring (bicyclic) bond motifs is 1. The third-order valence-electron chi connectivity index (χ3n) is 5.20. The normalized spacial score (nSPS) is 28.8. The van der Waals surface area contributed by atoms with Gasteiger partial charge in [-0.1, -0.05) is 60.2 Å². The van der Waals surface area contributed by atoms with Crippen LogP contribution in [0.5, 0.6) is 0 Å². The van der Waals surface area contributed by atoms with Gasteiger partial charge < -0.3 is 9.47 Å². The quantitative estimate of drug-likeness (QED) is 0.799. The molecule has 2 aromatic carbocycles. The first-order valence-corrected chi connectivity index (χ1v) is 10.9. The zero-order valence-corrected chi connectivity index (χ0v) is 17.0. The van der Waals surface area contributed by atoms with Gasteiger partial charge in [-0.15, -0.1) is 0 Å². The van der Waals surface area contributed by atoms with E-state index in [4.69, 9.17) is 9.47 Å². The van der Waals surface area contributed by atoms with E-state index in [1.165, 1.54) is 0 Å². The lowest BCUT2D eigenvalue weighted by Gasteiger charge is -2.33. The van der Waals surface area contributed by atoms with E-state index in [1.807, 2.05) is 51.1 Å². The second kappa shape index (κ2) is 7.12. The third kappa shape index (κ3) is 3.78. The molecule has 2 aliphatic rings. The van der Waals surface area contributed by atoms with Crippen molar-refractivity contribution in [1.82, 2.24) is 4.72 Å². The molecule has 148 valence electrons. The van der Waals surface area contributed by atoms with Crippen LogP contribution < -0.4 is 4.72 Å². The molecular weight excluding hydrogens is 374 g/mol. The summed E-state index contributed by atoms with van der Waals surface area (Å²) in [5, 5.41) is 0. The van der Waals surface area contributed by atoms with Gasteiger partial charge in [0.05, 0.1) is 17.0 Å². The molecule has 1 aliphatic heterocycles. The molecule has 1 aliphatic carbocycles. The van der Waals surface area contributed by atoms with Crippen LogP contribution in [-0.4, -0.2) is 32.5 Å². The van der Waals surface area contributed by atoms with E-state index in [2.05, 4.69) is 16.9 Å². The molecule has 0 bridgehead atoms. The highest BCUT2D eigenvalue weighted by Crippen LogP contribution is 2.41. The zero-order chi connectivity index (χ0) is 19.9. The molecule has 1 fully saturated rings. The minimum absolute atomic E-state index is 0.00750. The molecule has 0 aromatic heterocycles. The first-order chi connectivity index (χ1) is 13.3. The third-order valence-corrected chi connectivity index (χ3v) is 6.68. The molecule has 0 radical (unpaired) electrons. The Balaban J connectivity index is 1.64. The Morgan fingerprint density at radius 3 is 2.21 bits per heavy atom. The van der Waals surface area contributed by atoms with Crippen LogP contribution >= 0.6 is 0 Å². The Labute approximate surface area is 166 Å². The van der Waals surface area contributed by atoms with Crippen molar-refractivity contribution in [2.75, 3.05) is 0 Å². The first-order valence-electron chi connectivity index (χ1n) is 9.43. The molecule has 6 heteroatoms. The van der Waals surface area contributed by atoms with E-state index in [0.29, 0.717) is 0 Å². The molecule has 0 saturated carbocycles. The molecule has 0 amide bonds. The molecule has 0 spiro atoms.